The molecule has 1 spiro atoms. The molecule has 0 unspecified atom stereocenters. The molecule has 3 aliphatic rings. The summed E-state index contributed by atoms with van der Waals surface area (Å²) in [6.07, 6.45) is 2.20. The first kappa shape index (κ1) is 21.5. The maximum Gasteiger partial charge on any atom is 0.327 e. The minimum Gasteiger partial charge on any atom is -0.493 e. The summed E-state index contributed by atoms with van der Waals surface area (Å²) in [6.45, 7) is 4.66. The van der Waals surface area contributed by atoms with Gasteiger partial charge in [0.15, 0.2) is 0 Å². The van der Waals surface area contributed by atoms with Gasteiger partial charge in [0.1, 0.15) is 11.3 Å². The smallest absolute Gasteiger partial charge is 0.327 e. The summed E-state index contributed by atoms with van der Waals surface area (Å²) in [6, 6.07) is 15.6. The first-order valence-electron chi connectivity index (χ1n) is 11.5. The first-order chi connectivity index (χ1) is 15.9. The van der Waals surface area contributed by atoms with Crippen molar-refractivity contribution in [1.82, 2.24) is 14.7 Å². The van der Waals surface area contributed by atoms with Crippen LogP contribution in [0.1, 0.15) is 48.1 Å². The quantitative estimate of drug-likeness (QED) is 0.675. The summed E-state index contributed by atoms with van der Waals surface area (Å²) in [5, 5.41) is 8.99. The molecule has 0 N–H and O–H groups in total. The van der Waals surface area contributed by atoms with Crippen LogP contribution in [0.2, 0.25) is 0 Å². The van der Waals surface area contributed by atoms with E-state index in [1.807, 2.05) is 0 Å². The van der Waals surface area contributed by atoms with Gasteiger partial charge in [-0.1, -0.05) is 24.3 Å². The van der Waals surface area contributed by atoms with Crippen molar-refractivity contribution in [2.24, 2.45) is 0 Å². The highest BCUT2D eigenvalue weighted by Gasteiger charge is 2.56. The van der Waals surface area contributed by atoms with E-state index in [2.05, 4.69) is 36.1 Å². The summed E-state index contributed by atoms with van der Waals surface area (Å²) < 4.78 is 5.74. The Labute approximate surface area is 194 Å². The van der Waals surface area contributed by atoms with Gasteiger partial charge in [0.25, 0.3) is 5.91 Å². The van der Waals surface area contributed by atoms with E-state index in [1.54, 1.807) is 36.2 Å². The van der Waals surface area contributed by atoms with Crippen LogP contribution < -0.4 is 4.74 Å². The number of urea groups is 1. The number of fused-ring (bicyclic) bond motifs is 1. The number of amides is 3. The molecule has 0 bridgehead atoms. The minimum atomic E-state index is -0.777. The average Bonchev–Trinajstić information content (AvgIpc) is 3.39. The second-order valence-electron chi connectivity index (χ2n) is 9.25. The summed E-state index contributed by atoms with van der Waals surface area (Å²) in [4.78, 5) is 31.9. The zero-order chi connectivity index (χ0) is 23.2. The number of hydrogen-bond donors (Lipinski definition) is 0. The highest BCUT2D eigenvalue weighted by molar-refractivity contribution is 6.06. The summed E-state index contributed by atoms with van der Waals surface area (Å²) in [5.74, 6) is 0.875. The number of carbonyl (C=O) groups is 2. The van der Waals surface area contributed by atoms with Crippen LogP contribution in [0.5, 0.6) is 5.75 Å². The number of rotatable bonds is 4. The zero-order valence-corrected chi connectivity index (χ0v) is 19.1. The topological polar surface area (TPSA) is 76.9 Å². The third-order valence-electron chi connectivity index (χ3n) is 7.60. The zero-order valence-electron chi connectivity index (χ0n) is 19.1. The first-order valence-corrected chi connectivity index (χ1v) is 11.5. The molecule has 170 valence electrons. The standard InChI is InChI=1S/C26H28N4O3/c1-18(22-8-7-21-9-14-33-23(21)15-22)29-12-10-26(11-13-29)24(31)30(25(32)28(26)2)17-20-5-3-19(16-27)4-6-20/h3-8,15,18H,9-14,17H2,1-2H3/t18-/m0/s1. The number of likely N-dealkylation sites (N-methyl/N-ethyl adjacent to an activating group) is 1. The molecule has 7 heteroatoms. The number of likely N-dealkylation sites (tertiary alicyclic amines) is 1. The number of nitrogens with zero attached hydrogens (tertiary/aromatic N) is 4. The van der Waals surface area contributed by atoms with Crippen LogP contribution in [-0.2, 0) is 17.8 Å². The van der Waals surface area contributed by atoms with Gasteiger partial charge in [0.05, 0.1) is 24.8 Å². The lowest BCUT2D eigenvalue weighted by molar-refractivity contribution is -0.135. The van der Waals surface area contributed by atoms with Crippen molar-refractivity contribution in [2.75, 3.05) is 26.7 Å². The van der Waals surface area contributed by atoms with Gasteiger partial charge in [0, 0.05) is 32.6 Å². The Bertz CT molecular complexity index is 1130. The Morgan fingerprint density at radius 3 is 2.55 bits per heavy atom. The van der Waals surface area contributed by atoms with E-state index in [1.165, 1.54) is 16.0 Å². The molecule has 3 amide bonds. The van der Waals surface area contributed by atoms with E-state index in [9.17, 15) is 9.59 Å². The Morgan fingerprint density at radius 2 is 1.85 bits per heavy atom. The number of benzene rings is 2. The van der Waals surface area contributed by atoms with E-state index < -0.39 is 5.54 Å². The molecule has 0 radical (unpaired) electrons. The lowest BCUT2D eigenvalue weighted by Crippen LogP contribution is -2.55. The van der Waals surface area contributed by atoms with Crippen LogP contribution in [-0.4, -0.2) is 58.9 Å². The molecule has 7 nitrogen and oxygen atoms in total. The molecule has 2 aromatic carbocycles. The van der Waals surface area contributed by atoms with Crippen LogP contribution in [0.4, 0.5) is 4.79 Å². The van der Waals surface area contributed by atoms with Crippen LogP contribution in [0.25, 0.3) is 0 Å². The van der Waals surface area contributed by atoms with Crippen LogP contribution in [0, 0.1) is 11.3 Å². The van der Waals surface area contributed by atoms with E-state index in [4.69, 9.17) is 10.00 Å². The van der Waals surface area contributed by atoms with E-state index in [0.29, 0.717) is 18.4 Å². The minimum absolute atomic E-state index is 0.113. The normalized spacial score (nSPS) is 20.6. The van der Waals surface area contributed by atoms with Crippen molar-refractivity contribution < 1.29 is 14.3 Å². The van der Waals surface area contributed by atoms with Gasteiger partial charge >= 0.3 is 6.03 Å². The Morgan fingerprint density at radius 1 is 1.12 bits per heavy atom. The van der Waals surface area contributed by atoms with Crippen molar-refractivity contribution in [3.63, 3.8) is 0 Å². The fourth-order valence-corrected chi connectivity index (χ4v) is 5.34. The molecule has 5 rings (SSSR count). The van der Waals surface area contributed by atoms with E-state index >= 15 is 0 Å². The van der Waals surface area contributed by atoms with Gasteiger partial charge in [-0.15, -0.1) is 0 Å². The van der Waals surface area contributed by atoms with Gasteiger partial charge in [-0.2, -0.15) is 5.26 Å². The fraction of sp³-hybridized carbons (Fsp3) is 0.423. The summed E-state index contributed by atoms with van der Waals surface area (Å²) >= 11 is 0. The second-order valence-corrected chi connectivity index (χ2v) is 9.25. The second kappa shape index (κ2) is 8.20. The van der Waals surface area contributed by atoms with Crippen LogP contribution in [0.3, 0.4) is 0 Å². The number of imide groups is 1. The largest absolute Gasteiger partial charge is 0.493 e. The molecule has 1 atom stereocenters. The van der Waals surface area contributed by atoms with Crippen LogP contribution in [0.15, 0.2) is 42.5 Å². The third kappa shape index (κ3) is 3.55. The monoisotopic (exact) mass is 444 g/mol. The predicted molar refractivity (Wildman–Crippen MR) is 122 cm³/mol. The number of carbonyl (C=O) groups excluding carboxylic acids is 2. The molecule has 0 aliphatic carbocycles. The van der Waals surface area contributed by atoms with Crippen molar-refractivity contribution in [2.45, 2.75) is 44.3 Å². The van der Waals surface area contributed by atoms with Gasteiger partial charge in [-0.05, 0) is 54.7 Å². The molecule has 2 fully saturated rings. The van der Waals surface area contributed by atoms with Gasteiger partial charge in [0.2, 0.25) is 0 Å². The van der Waals surface area contributed by atoms with Gasteiger partial charge < -0.3 is 9.64 Å². The number of ether oxygens (including phenoxy) is 1. The van der Waals surface area contributed by atoms with Gasteiger partial charge in [-0.3, -0.25) is 14.6 Å². The Hall–Kier alpha value is -3.37. The summed E-state index contributed by atoms with van der Waals surface area (Å²) in [5.41, 5.74) is 3.11. The molecule has 0 saturated carbocycles. The third-order valence-corrected chi connectivity index (χ3v) is 7.60. The maximum atomic E-state index is 13.5. The summed E-state index contributed by atoms with van der Waals surface area (Å²) in [7, 11) is 1.75. The lowest BCUT2D eigenvalue weighted by atomic mass is 9.85. The molecule has 3 heterocycles. The van der Waals surface area contributed by atoms with E-state index in [0.717, 1.165) is 37.4 Å². The molecule has 33 heavy (non-hydrogen) atoms. The number of nitriles is 1. The highest BCUT2D eigenvalue weighted by atomic mass is 16.5. The lowest BCUT2D eigenvalue weighted by Gasteiger charge is -2.43. The molecule has 0 aromatic heterocycles. The van der Waals surface area contributed by atoms with E-state index in [-0.39, 0.29) is 24.5 Å². The van der Waals surface area contributed by atoms with Crippen molar-refractivity contribution in [1.29, 1.82) is 5.26 Å². The number of piperidine rings is 1. The van der Waals surface area contributed by atoms with Crippen molar-refractivity contribution in [3.05, 3.63) is 64.7 Å². The SMILES string of the molecule is C[C@@H](c1ccc2c(c1)OCC2)N1CCC2(CC1)C(=O)N(Cc1ccc(C#N)cc1)C(=O)N2C. The Kier molecular flexibility index (Phi) is 5.34. The molecule has 2 aromatic rings. The fourth-order valence-electron chi connectivity index (χ4n) is 5.34. The molecule has 3 aliphatic heterocycles. The highest BCUT2D eigenvalue weighted by Crippen LogP contribution is 2.39. The Balaban J connectivity index is 1.28. The van der Waals surface area contributed by atoms with Crippen LogP contribution >= 0.6 is 0 Å². The van der Waals surface area contributed by atoms with Gasteiger partial charge in [-0.25, -0.2) is 4.79 Å². The maximum absolute atomic E-state index is 13.5. The average molecular weight is 445 g/mol. The van der Waals surface area contributed by atoms with Crippen molar-refractivity contribution >= 4 is 11.9 Å². The molecular formula is C26H28N4O3. The molecule has 2 saturated heterocycles. The van der Waals surface area contributed by atoms with Crippen molar-refractivity contribution in [3.8, 4) is 11.8 Å². The predicted octanol–water partition coefficient (Wildman–Crippen LogP) is 3.48. The molecular weight excluding hydrogens is 416 g/mol. The number of hydrogen-bond acceptors (Lipinski definition) is 5.